The molecule has 0 saturated heterocycles. The van der Waals surface area contributed by atoms with E-state index < -0.39 is 27.7 Å². The fraction of sp³-hybridized carbons (Fsp3) is 0.263. The number of nitrogens with zero attached hydrogens (tertiary/aromatic N) is 1. The predicted molar refractivity (Wildman–Crippen MR) is 107 cm³/mol. The van der Waals surface area contributed by atoms with E-state index >= 15 is 0 Å². The topological polar surface area (TPSA) is 95.6 Å². The highest BCUT2D eigenvalue weighted by Crippen LogP contribution is 2.23. The van der Waals surface area contributed by atoms with Crippen LogP contribution in [0.1, 0.15) is 29.8 Å². The molecule has 0 saturated carbocycles. The zero-order valence-corrected chi connectivity index (χ0v) is 17.5. The zero-order chi connectivity index (χ0) is 21.6. The van der Waals surface area contributed by atoms with E-state index in [1.165, 1.54) is 40.7 Å². The quantitative estimate of drug-likeness (QED) is 0.645. The molecule has 2 aromatic rings. The van der Waals surface area contributed by atoms with Gasteiger partial charge >= 0.3 is 0 Å². The first-order valence-corrected chi connectivity index (χ1v) is 10.6. The number of amides is 2. The highest BCUT2D eigenvalue weighted by molar-refractivity contribution is 7.89. The Morgan fingerprint density at radius 2 is 1.66 bits per heavy atom. The number of hydrogen-bond donors (Lipinski definition) is 2. The Balaban J connectivity index is 2.10. The molecule has 2 amide bonds. The van der Waals surface area contributed by atoms with Crippen LogP contribution in [0.3, 0.4) is 0 Å². The second-order valence-corrected chi connectivity index (χ2v) is 8.38. The first-order valence-electron chi connectivity index (χ1n) is 8.82. The van der Waals surface area contributed by atoms with Crippen molar-refractivity contribution < 1.29 is 22.4 Å². The fourth-order valence-corrected chi connectivity index (χ4v) is 4.27. The summed E-state index contributed by atoms with van der Waals surface area (Å²) < 4.78 is 39.4. The van der Waals surface area contributed by atoms with Gasteiger partial charge in [0.15, 0.2) is 0 Å². The number of carbonyl (C=O) groups is 2. The fourth-order valence-electron chi connectivity index (χ4n) is 2.58. The van der Waals surface area contributed by atoms with Crippen LogP contribution < -0.4 is 10.9 Å². The van der Waals surface area contributed by atoms with Gasteiger partial charge in [0.05, 0.1) is 21.9 Å². The molecule has 0 aromatic heterocycles. The first-order chi connectivity index (χ1) is 13.7. The molecule has 0 heterocycles. The van der Waals surface area contributed by atoms with Gasteiger partial charge in [-0.2, -0.15) is 4.31 Å². The van der Waals surface area contributed by atoms with Gasteiger partial charge in [-0.3, -0.25) is 20.4 Å². The summed E-state index contributed by atoms with van der Waals surface area (Å²) in [6, 6.07) is 9.15. The molecule has 0 aliphatic carbocycles. The van der Waals surface area contributed by atoms with Crippen LogP contribution in [0, 0.1) is 5.82 Å². The average molecular weight is 442 g/mol. The molecule has 0 atom stereocenters. The van der Waals surface area contributed by atoms with Crippen LogP contribution in [0.4, 0.5) is 4.39 Å². The Morgan fingerprint density at radius 3 is 2.24 bits per heavy atom. The summed E-state index contributed by atoms with van der Waals surface area (Å²) in [7, 11) is -3.77. The smallest absolute Gasteiger partial charge is 0.271 e. The number of rotatable bonds is 7. The van der Waals surface area contributed by atoms with Crippen molar-refractivity contribution >= 4 is 33.4 Å². The second-order valence-electron chi connectivity index (χ2n) is 6.04. The molecular formula is C19H21ClFN3O4S. The van der Waals surface area contributed by atoms with E-state index in [0.717, 1.165) is 6.07 Å². The molecule has 2 rings (SSSR count). The number of carbonyl (C=O) groups excluding carboxylic acids is 2. The number of nitrogens with one attached hydrogen (secondary N) is 2. The third kappa shape index (κ3) is 5.75. The Labute approximate surface area is 173 Å². The standard InChI is InChI=1S/C19H21ClFN3O4S/c1-3-24(4-2)29(27,28)15-9-10-17(20)16(12-15)19(26)23-22-18(25)11-13-5-7-14(21)8-6-13/h5-10,12H,3-4,11H2,1-2H3,(H,22,25)(H,23,26). The SMILES string of the molecule is CCN(CC)S(=O)(=O)c1ccc(Cl)c(C(=O)NNC(=O)Cc2ccc(F)cc2)c1. The minimum absolute atomic E-state index is 0.0359. The van der Waals surface area contributed by atoms with Gasteiger partial charge in [0.2, 0.25) is 15.9 Å². The molecule has 0 bridgehead atoms. The van der Waals surface area contributed by atoms with E-state index in [-0.39, 0.29) is 35.0 Å². The molecule has 2 N–H and O–H groups in total. The van der Waals surface area contributed by atoms with Crippen LogP contribution in [-0.2, 0) is 21.2 Å². The van der Waals surface area contributed by atoms with Gasteiger partial charge in [-0.25, -0.2) is 12.8 Å². The van der Waals surface area contributed by atoms with Gasteiger partial charge in [-0.1, -0.05) is 37.6 Å². The van der Waals surface area contributed by atoms with Crippen LogP contribution in [0.25, 0.3) is 0 Å². The molecular weight excluding hydrogens is 421 g/mol. The Hall–Kier alpha value is -2.49. The lowest BCUT2D eigenvalue weighted by molar-refractivity contribution is -0.121. The molecule has 2 aromatic carbocycles. The maximum Gasteiger partial charge on any atom is 0.271 e. The van der Waals surface area contributed by atoms with Gasteiger partial charge in [0.1, 0.15) is 5.82 Å². The van der Waals surface area contributed by atoms with E-state index in [0.29, 0.717) is 5.56 Å². The third-order valence-electron chi connectivity index (χ3n) is 4.12. The number of benzene rings is 2. The average Bonchev–Trinajstić information content (AvgIpc) is 2.69. The van der Waals surface area contributed by atoms with Crippen molar-refractivity contribution in [2.75, 3.05) is 13.1 Å². The summed E-state index contributed by atoms with van der Waals surface area (Å²) >= 11 is 6.03. The largest absolute Gasteiger partial charge is 0.273 e. The summed E-state index contributed by atoms with van der Waals surface area (Å²) in [6.07, 6.45) is -0.0787. The highest BCUT2D eigenvalue weighted by Gasteiger charge is 2.24. The normalized spacial score (nSPS) is 11.3. The molecule has 0 unspecified atom stereocenters. The van der Waals surface area contributed by atoms with Crippen molar-refractivity contribution in [1.82, 2.24) is 15.2 Å². The van der Waals surface area contributed by atoms with Crippen molar-refractivity contribution in [3.63, 3.8) is 0 Å². The number of sulfonamides is 1. The summed E-state index contributed by atoms with van der Waals surface area (Å²) in [4.78, 5) is 24.3. The van der Waals surface area contributed by atoms with Crippen LogP contribution in [0.2, 0.25) is 5.02 Å². The minimum Gasteiger partial charge on any atom is -0.273 e. The molecule has 156 valence electrons. The highest BCUT2D eigenvalue weighted by atomic mass is 35.5. The molecule has 0 radical (unpaired) electrons. The molecule has 29 heavy (non-hydrogen) atoms. The monoisotopic (exact) mass is 441 g/mol. The first kappa shape index (κ1) is 22.8. The van der Waals surface area contributed by atoms with Crippen molar-refractivity contribution in [1.29, 1.82) is 0 Å². The lowest BCUT2D eigenvalue weighted by Crippen LogP contribution is -2.42. The summed E-state index contributed by atoms with van der Waals surface area (Å²) in [6.45, 7) is 3.98. The number of hydrogen-bond acceptors (Lipinski definition) is 4. The summed E-state index contributed by atoms with van der Waals surface area (Å²) in [5.74, 6) is -1.72. The van der Waals surface area contributed by atoms with E-state index in [9.17, 15) is 22.4 Å². The Bertz CT molecular complexity index is 993. The maximum absolute atomic E-state index is 12.9. The van der Waals surface area contributed by atoms with Crippen LogP contribution >= 0.6 is 11.6 Å². The van der Waals surface area contributed by atoms with Crippen LogP contribution in [0.15, 0.2) is 47.4 Å². The van der Waals surface area contributed by atoms with Gasteiger partial charge < -0.3 is 0 Å². The van der Waals surface area contributed by atoms with Crippen LogP contribution in [0.5, 0.6) is 0 Å². The maximum atomic E-state index is 12.9. The van der Waals surface area contributed by atoms with E-state index in [4.69, 9.17) is 11.6 Å². The number of halogens is 2. The van der Waals surface area contributed by atoms with Gasteiger partial charge in [0.25, 0.3) is 5.91 Å². The van der Waals surface area contributed by atoms with E-state index in [1.807, 2.05) is 0 Å². The predicted octanol–water partition coefficient (Wildman–Crippen LogP) is 2.51. The number of hydrazine groups is 1. The summed E-state index contributed by atoms with van der Waals surface area (Å²) in [5, 5.41) is 0.0359. The molecule has 7 nitrogen and oxygen atoms in total. The Kier molecular flexibility index (Phi) is 7.72. The van der Waals surface area contributed by atoms with Crippen LogP contribution in [-0.4, -0.2) is 37.6 Å². The van der Waals surface area contributed by atoms with Gasteiger partial charge in [-0.15, -0.1) is 0 Å². The molecule has 10 heteroatoms. The van der Waals surface area contributed by atoms with Gasteiger partial charge in [0, 0.05) is 13.1 Å². The molecule has 0 spiro atoms. The lowest BCUT2D eigenvalue weighted by Gasteiger charge is -2.19. The van der Waals surface area contributed by atoms with Crippen molar-refractivity contribution in [3.05, 3.63) is 64.4 Å². The minimum atomic E-state index is -3.77. The Morgan fingerprint density at radius 1 is 1.03 bits per heavy atom. The molecule has 0 aliphatic rings. The van der Waals surface area contributed by atoms with E-state index in [1.54, 1.807) is 13.8 Å². The van der Waals surface area contributed by atoms with Crippen molar-refractivity contribution in [3.8, 4) is 0 Å². The van der Waals surface area contributed by atoms with Crippen molar-refractivity contribution in [2.45, 2.75) is 25.2 Å². The summed E-state index contributed by atoms with van der Waals surface area (Å²) in [5.41, 5.74) is 4.89. The lowest BCUT2D eigenvalue weighted by atomic mass is 10.1. The second kappa shape index (κ2) is 9.82. The van der Waals surface area contributed by atoms with Crippen molar-refractivity contribution in [2.24, 2.45) is 0 Å². The molecule has 0 fully saturated rings. The zero-order valence-electron chi connectivity index (χ0n) is 15.9. The van der Waals surface area contributed by atoms with E-state index in [2.05, 4.69) is 10.9 Å². The molecule has 0 aliphatic heterocycles. The van der Waals surface area contributed by atoms with Gasteiger partial charge in [-0.05, 0) is 35.9 Å². The third-order valence-corrected chi connectivity index (χ3v) is 6.49.